The van der Waals surface area contributed by atoms with Crippen molar-refractivity contribution in [2.75, 3.05) is 5.32 Å². The summed E-state index contributed by atoms with van der Waals surface area (Å²) in [5.74, 6) is -0.782. The molecule has 0 fully saturated rings. The smallest absolute Gasteiger partial charge is 0.303 e. The molecule has 0 saturated carbocycles. The summed E-state index contributed by atoms with van der Waals surface area (Å²) in [6, 6.07) is 0.0910. The van der Waals surface area contributed by atoms with Gasteiger partial charge in [0.25, 0.3) is 0 Å². The Hall–Kier alpha value is -0.810. The first-order chi connectivity index (χ1) is 6.58. The van der Waals surface area contributed by atoms with E-state index in [9.17, 15) is 4.79 Å². The highest BCUT2D eigenvalue weighted by Gasteiger charge is 2.07. The number of thiazole rings is 1. The highest BCUT2D eigenvalue weighted by Crippen LogP contribution is 2.20. The first-order valence-corrected chi connectivity index (χ1v) is 5.43. The Morgan fingerprint density at radius 1 is 1.86 bits per heavy atom. The maximum absolute atomic E-state index is 10.3. The molecule has 0 spiro atoms. The van der Waals surface area contributed by atoms with Crippen LogP contribution in [-0.2, 0) is 4.79 Å². The molecule has 0 aromatic carbocycles. The lowest BCUT2D eigenvalue weighted by atomic mass is 10.2. The van der Waals surface area contributed by atoms with Crippen molar-refractivity contribution in [3.8, 4) is 0 Å². The number of carboxylic acids is 1. The van der Waals surface area contributed by atoms with Crippen LogP contribution in [0.1, 0.15) is 19.8 Å². The van der Waals surface area contributed by atoms with E-state index in [1.165, 1.54) is 11.3 Å². The lowest BCUT2D eigenvalue weighted by Gasteiger charge is -2.10. The second kappa shape index (κ2) is 5.17. The number of nitrogens with one attached hydrogen (secondary N) is 1. The monoisotopic (exact) mass is 234 g/mol. The average Bonchev–Trinajstić information content (AvgIpc) is 2.48. The fraction of sp³-hybridized carbons (Fsp3) is 0.500. The molecule has 0 saturated heterocycles. The number of hydrogen-bond donors (Lipinski definition) is 2. The van der Waals surface area contributed by atoms with Crippen molar-refractivity contribution in [2.45, 2.75) is 25.8 Å². The fourth-order valence-electron chi connectivity index (χ4n) is 0.943. The number of hydrogen-bond acceptors (Lipinski definition) is 4. The van der Waals surface area contributed by atoms with Crippen LogP contribution in [0.15, 0.2) is 5.38 Å². The second-order valence-electron chi connectivity index (χ2n) is 2.95. The molecule has 1 unspecified atom stereocenters. The molecule has 14 heavy (non-hydrogen) atoms. The molecular weight excluding hydrogens is 224 g/mol. The maximum atomic E-state index is 10.3. The SMILES string of the molecule is CC(CCC(=O)O)Nc1nc(Cl)cs1. The molecule has 1 atom stereocenters. The predicted octanol–water partition coefficient (Wildman–Crippen LogP) is 2.46. The summed E-state index contributed by atoms with van der Waals surface area (Å²) in [5.41, 5.74) is 0. The Balaban J connectivity index is 2.33. The molecule has 0 amide bonds. The Morgan fingerprint density at radius 2 is 2.57 bits per heavy atom. The van der Waals surface area contributed by atoms with Crippen molar-refractivity contribution in [1.29, 1.82) is 0 Å². The molecule has 0 bridgehead atoms. The van der Waals surface area contributed by atoms with Crippen molar-refractivity contribution < 1.29 is 9.90 Å². The van der Waals surface area contributed by atoms with Gasteiger partial charge in [-0.2, -0.15) is 0 Å². The third-order valence-electron chi connectivity index (χ3n) is 1.64. The average molecular weight is 235 g/mol. The van der Waals surface area contributed by atoms with E-state index < -0.39 is 5.97 Å². The molecule has 1 rings (SSSR count). The zero-order valence-corrected chi connectivity index (χ0v) is 9.23. The van der Waals surface area contributed by atoms with Crippen LogP contribution in [0.2, 0.25) is 5.15 Å². The summed E-state index contributed by atoms with van der Waals surface area (Å²) in [7, 11) is 0. The molecule has 0 aliphatic rings. The predicted molar refractivity (Wildman–Crippen MR) is 57.1 cm³/mol. The summed E-state index contributed by atoms with van der Waals surface area (Å²) >= 11 is 7.05. The van der Waals surface area contributed by atoms with Crippen molar-refractivity contribution in [1.82, 2.24) is 4.98 Å². The van der Waals surface area contributed by atoms with Gasteiger partial charge in [0.2, 0.25) is 0 Å². The van der Waals surface area contributed by atoms with Gasteiger partial charge < -0.3 is 10.4 Å². The minimum Gasteiger partial charge on any atom is -0.481 e. The summed E-state index contributed by atoms with van der Waals surface area (Å²) in [5, 5.41) is 14.5. The van der Waals surface area contributed by atoms with Gasteiger partial charge >= 0.3 is 5.97 Å². The number of halogens is 1. The fourth-order valence-corrected chi connectivity index (χ4v) is 1.89. The third kappa shape index (κ3) is 3.93. The van der Waals surface area contributed by atoms with Crippen LogP contribution in [0.3, 0.4) is 0 Å². The van der Waals surface area contributed by atoms with Crippen LogP contribution >= 0.6 is 22.9 Å². The first kappa shape index (κ1) is 11.3. The van der Waals surface area contributed by atoms with E-state index in [0.29, 0.717) is 11.6 Å². The van der Waals surface area contributed by atoms with Crippen LogP contribution < -0.4 is 5.32 Å². The zero-order chi connectivity index (χ0) is 10.6. The van der Waals surface area contributed by atoms with Gasteiger partial charge in [-0.3, -0.25) is 4.79 Å². The van der Waals surface area contributed by atoms with E-state index in [4.69, 9.17) is 16.7 Å². The van der Waals surface area contributed by atoms with E-state index in [2.05, 4.69) is 10.3 Å². The highest BCUT2D eigenvalue weighted by molar-refractivity contribution is 7.14. The maximum Gasteiger partial charge on any atom is 0.303 e. The topological polar surface area (TPSA) is 62.2 Å². The number of carboxylic acid groups (broad SMARTS) is 1. The Bertz CT molecular complexity index is 316. The lowest BCUT2D eigenvalue weighted by Crippen LogP contribution is -2.16. The number of rotatable bonds is 5. The van der Waals surface area contributed by atoms with Gasteiger partial charge in [0.15, 0.2) is 5.13 Å². The van der Waals surface area contributed by atoms with E-state index in [1.54, 1.807) is 5.38 Å². The molecule has 0 aliphatic heterocycles. The molecule has 4 nitrogen and oxygen atoms in total. The first-order valence-electron chi connectivity index (χ1n) is 4.17. The molecule has 1 heterocycles. The minimum atomic E-state index is -0.782. The van der Waals surface area contributed by atoms with Crippen molar-refractivity contribution in [3.63, 3.8) is 0 Å². The van der Waals surface area contributed by atoms with E-state index in [1.807, 2.05) is 6.92 Å². The summed E-state index contributed by atoms with van der Waals surface area (Å²) in [6.45, 7) is 1.91. The third-order valence-corrected chi connectivity index (χ3v) is 2.73. The molecule has 0 aliphatic carbocycles. The second-order valence-corrected chi connectivity index (χ2v) is 4.20. The van der Waals surface area contributed by atoms with E-state index in [-0.39, 0.29) is 12.5 Å². The normalized spacial score (nSPS) is 12.4. The van der Waals surface area contributed by atoms with Gasteiger partial charge in [-0.05, 0) is 13.3 Å². The summed E-state index contributed by atoms with van der Waals surface area (Å²) < 4.78 is 0. The molecule has 0 radical (unpaired) electrons. The van der Waals surface area contributed by atoms with Gasteiger partial charge in [-0.1, -0.05) is 11.6 Å². The minimum absolute atomic E-state index is 0.0910. The van der Waals surface area contributed by atoms with Crippen molar-refractivity contribution in [3.05, 3.63) is 10.5 Å². The highest BCUT2D eigenvalue weighted by atomic mass is 35.5. The molecule has 1 aromatic heterocycles. The Kier molecular flexibility index (Phi) is 4.16. The molecule has 78 valence electrons. The number of aromatic nitrogens is 1. The molecular formula is C8H11ClN2O2S. The quantitative estimate of drug-likeness (QED) is 0.822. The van der Waals surface area contributed by atoms with Crippen LogP contribution in [-0.4, -0.2) is 22.1 Å². The van der Waals surface area contributed by atoms with Gasteiger partial charge in [0.1, 0.15) is 5.15 Å². The Morgan fingerprint density at radius 3 is 3.07 bits per heavy atom. The van der Waals surface area contributed by atoms with Gasteiger partial charge in [-0.15, -0.1) is 11.3 Å². The summed E-state index contributed by atoms with van der Waals surface area (Å²) in [6.07, 6.45) is 0.736. The van der Waals surface area contributed by atoms with E-state index >= 15 is 0 Å². The number of anilines is 1. The molecule has 1 aromatic rings. The zero-order valence-electron chi connectivity index (χ0n) is 7.66. The van der Waals surface area contributed by atoms with Crippen LogP contribution in [0, 0.1) is 0 Å². The van der Waals surface area contributed by atoms with Gasteiger partial charge in [-0.25, -0.2) is 4.98 Å². The number of aliphatic carboxylic acids is 1. The summed E-state index contributed by atoms with van der Waals surface area (Å²) in [4.78, 5) is 14.3. The van der Waals surface area contributed by atoms with E-state index in [0.717, 1.165) is 5.13 Å². The van der Waals surface area contributed by atoms with Gasteiger partial charge in [0.05, 0.1) is 0 Å². The van der Waals surface area contributed by atoms with Crippen LogP contribution in [0.25, 0.3) is 0 Å². The van der Waals surface area contributed by atoms with Crippen LogP contribution in [0.4, 0.5) is 5.13 Å². The lowest BCUT2D eigenvalue weighted by molar-refractivity contribution is -0.137. The largest absolute Gasteiger partial charge is 0.481 e. The molecule has 6 heteroatoms. The number of carbonyl (C=O) groups is 1. The van der Waals surface area contributed by atoms with Crippen molar-refractivity contribution in [2.24, 2.45) is 0 Å². The number of nitrogens with zero attached hydrogens (tertiary/aromatic N) is 1. The standard InChI is InChI=1S/C8H11ClN2O2S/c1-5(2-3-7(12)13)10-8-11-6(9)4-14-8/h4-5H,2-3H2,1H3,(H,10,11)(H,12,13). The Labute approximate surface area is 90.9 Å². The van der Waals surface area contributed by atoms with Crippen LogP contribution in [0.5, 0.6) is 0 Å². The molecule has 2 N–H and O–H groups in total. The van der Waals surface area contributed by atoms with Crippen molar-refractivity contribution >= 4 is 34.0 Å². The van der Waals surface area contributed by atoms with Gasteiger partial charge in [0, 0.05) is 17.8 Å².